The molecule has 2 aromatic carbocycles. The molecule has 3 N–H and O–H groups in total. The third-order valence-electron chi connectivity index (χ3n) is 4.35. The molecule has 0 atom stereocenters. The molecule has 0 saturated carbocycles. The number of carbonyl (C=O) groups is 1. The van der Waals surface area contributed by atoms with E-state index in [1.807, 2.05) is 0 Å². The van der Waals surface area contributed by atoms with Gasteiger partial charge in [-0.1, -0.05) is 12.1 Å². The SMILES string of the molecule is O=C(CCc1nc2ccccc2c(=O)[nH]1)Nc1ccc(S(=O)(=O)Nc2nccs2)cc1. The number of rotatable bonds is 7. The van der Waals surface area contributed by atoms with Gasteiger partial charge in [-0.05, 0) is 36.4 Å². The smallest absolute Gasteiger partial charge is 0.263 e. The predicted octanol–water partition coefficient (Wildman–Crippen LogP) is 2.75. The highest BCUT2D eigenvalue weighted by Crippen LogP contribution is 2.19. The molecule has 2 heterocycles. The summed E-state index contributed by atoms with van der Waals surface area (Å²) in [7, 11) is -3.75. The number of nitrogens with one attached hydrogen (secondary N) is 3. The number of aromatic nitrogens is 3. The average molecular weight is 456 g/mol. The Morgan fingerprint density at radius 2 is 1.87 bits per heavy atom. The van der Waals surface area contributed by atoms with Crippen molar-refractivity contribution in [1.29, 1.82) is 0 Å². The van der Waals surface area contributed by atoms with Gasteiger partial charge in [-0.15, -0.1) is 11.3 Å². The molecule has 0 aliphatic carbocycles. The van der Waals surface area contributed by atoms with Gasteiger partial charge >= 0.3 is 0 Å². The van der Waals surface area contributed by atoms with Crippen molar-refractivity contribution in [3.05, 3.63) is 76.3 Å². The van der Waals surface area contributed by atoms with Crippen molar-refractivity contribution < 1.29 is 13.2 Å². The Morgan fingerprint density at radius 3 is 2.61 bits per heavy atom. The lowest BCUT2D eigenvalue weighted by atomic mass is 10.2. The van der Waals surface area contributed by atoms with Gasteiger partial charge in [-0.25, -0.2) is 18.4 Å². The Hall–Kier alpha value is -3.57. The molecule has 4 aromatic rings. The van der Waals surface area contributed by atoms with E-state index < -0.39 is 10.0 Å². The maximum Gasteiger partial charge on any atom is 0.263 e. The number of sulfonamides is 1. The number of hydrogen-bond donors (Lipinski definition) is 3. The lowest BCUT2D eigenvalue weighted by Gasteiger charge is -2.08. The van der Waals surface area contributed by atoms with Crippen LogP contribution >= 0.6 is 11.3 Å². The lowest BCUT2D eigenvalue weighted by molar-refractivity contribution is -0.116. The van der Waals surface area contributed by atoms with Gasteiger partial charge < -0.3 is 10.3 Å². The van der Waals surface area contributed by atoms with Gasteiger partial charge in [0.1, 0.15) is 5.82 Å². The van der Waals surface area contributed by atoms with Crippen LogP contribution in [0.1, 0.15) is 12.2 Å². The molecule has 0 spiro atoms. The standard InChI is InChI=1S/C20H17N5O4S2/c26-18(10-9-17-23-16-4-2-1-3-15(16)19(27)24-17)22-13-5-7-14(8-6-13)31(28,29)25-20-21-11-12-30-20/h1-8,11-12H,9-10H2,(H,21,25)(H,22,26)(H,23,24,27). The summed E-state index contributed by atoms with van der Waals surface area (Å²) in [5.41, 5.74) is 0.784. The highest BCUT2D eigenvalue weighted by molar-refractivity contribution is 7.93. The van der Waals surface area contributed by atoms with Crippen molar-refractivity contribution >= 4 is 49.0 Å². The molecule has 0 aliphatic heterocycles. The Morgan fingerprint density at radius 1 is 1.10 bits per heavy atom. The van der Waals surface area contributed by atoms with Crippen molar-refractivity contribution in [3.63, 3.8) is 0 Å². The van der Waals surface area contributed by atoms with Crippen LogP contribution in [-0.2, 0) is 21.2 Å². The van der Waals surface area contributed by atoms with Crippen molar-refractivity contribution in [1.82, 2.24) is 15.0 Å². The number of anilines is 2. The summed E-state index contributed by atoms with van der Waals surface area (Å²) in [4.78, 5) is 35.4. The molecule has 0 radical (unpaired) electrons. The summed E-state index contributed by atoms with van der Waals surface area (Å²) >= 11 is 1.18. The van der Waals surface area contributed by atoms with Crippen molar-refractivity contribution in [2.45, 2.75) is 17.7 Å². The molecule has 158 valence electrons. The lowest BCUT2D eigenvalue weighted by Crippen LogP contribution is -2.16. The van der Waals surface area contributed by atoms with E-state index in [0.717, 1.165) is 0 Å². The van der Waals surface area contributed by atoms with Gasteiger partial charge in [0.15, 0.2) is 5.13 Å². The molecule has 0 aliphatic rings. The van der Waals surface area contributed by atoms with Gasteiger partial charge in [-0.3, -0.25) is 14.3 Å². The molecular formula is C20H17N5O4S2. The Balaban J connectivity index is 1.37. The minimum atomic E-state index is -3.75. The molecule has 31 heavy (non-hydrogen) atoms. The van der Waals surface area contributed by atoms with Crippen LogP contribution in [0.25, 0.3) is 10.9 Å². The third kappa shape index (κ3) is 4.95. The number of H-pyrrole nitrogens is 1. The number of amides is 1. The van der Waals surface area contributed by atoms with Crippen molar-refractivity contribution in [2.24, 2.45) is 0 Å². The molecule has 1 amide bonds. The fourth-order valence-corrected chi connectivity index (χ4v) is 4.66. The summed E-state index contributed by atoms with van der Waals surface area (Å²) < 4.78 is 27.1. The zero-order valence-corrected chi connectivity index (χ0v) is 17.7. The van der Waals surface area contributed by atoms with Crippen LogP contribution in [0.4, 0.5) is 10.8 Å². The summed E-state index contributed by atoms with van der Waals surface area (Å²) in [5, 5.41) is 5.14. The van der Waals surface area contributed by atoms with Crippen LogP contribution in [0.3, 0.4) is 0 Å². The fraction of sp³-hybridized carbons (Fsp3) is 0.100. The number of benzene rings is 2. The van der Waals surface area contributed by atoms with Gasteiger partial charge in [0.25, 0.3) is 15.6 Å². The zero-order valence-electron chi connectivity index (χ0n) is 16.0. The maximum atomic E-state index is 12.3. The van der Waals surface area contributed by atoms with E-state index in [4.69, 9.17) is 0 Å². The third-order valence-corrected chi connectivity index (χ3v) is 6.53. The van der Waals surface area contributed by atoms with Gasteiger partial charge in [-0.2, -0.15) is 0 Å². The van der Waals surface area contributed by atoms with E-state index in [2.05, 4.69) is 25.0 Å². The highest BCUT2D eigenvalue weighted by atomic mass is 32.2. The number of fused-ring (bicyclic) bond motifs is 1. The quantitative estimate of drug-likeness (QED) is 0.392. The van der Waals surface area contributed by atoms with Crippen molar-refractivity contribution in [3.8, 4) is 0 Å². The molecule has 4 rings (SSSR count). The van der Waals surface area contributed by atoms with Crippen molar-refractivity contribution in [2.75, 3.05) is 10.0 Å². The van der Waals surface area contributed by atoms with Gasteiger partial charge in [0.2, 0.25) is 5.91 Å². The molecule has 9 nitrogen and oxygen atoms in total. The van der Waals surface area contributed by atoms with Crippen LogP contribution in [0, 0.1) is 0 Å². The first-order valence-corrected chi connectivity index (χ1v) is 11.6. The van der Waals surface area contributed by atoms with Crippen LogP contribution in [0.2, 0.25) is 0 Å². The summed E-state index contributed by atoms with van der Waals surface area (Å²) in [6.45, 7) is 0. The van der Waals surface area contributed by atoms with E-state index >= 15 is 0 Å². The highest BCUT2D eigenvalue weighted by Gasteiger charge is 2.15. The molecule has 11 heteroatoms. The number of thiazole rings is 1. The average Bonchev–Trinajstić information content (AvgIpc) is 3.25. The van der Waals surface area contributed by atoms with E-state index in [1.54, 1.807) is 29.6 Å². The summed E-state index contributed by atoms with van der Waals surface area (Å²) in [6.07, 6.45) is 1.87. The van der Waals surface area contributed by atoms with Gasteiger partial charge in [0.05, 0.1) is 15.8 Å². The first kappa shape index (κ1) is 20.7. The number of aromatic amines is 1. The zero-order chi connectivity index (χ0) is 21.8. The number of para-hydroxylation sites is 1. The van der Waals surface area contributed by atoms with Crippen LogP contribution in [0.15, 0.2) is 69.8 Å². The number of nitrogens with zero attached hydrogens (tertiary/aromatic N) is 2. The topological polar surface area (TPSA) is 134 Å². The van der Waals surface area contributed by atoms with Crippen LogP contribution in [-0.4, -0.2) is 29.3 Å². The molecule has 2 aromatic heterocycles. The summed E-state index contributed by atoms with van der Waals surface area (Å²) in [6, 6.07) is 12.8. The Kier molecular flexibility index (Phi) is 5.78. The Bertz CT molecular complexity index is 1380. The molecular weight excluding hydrogens is 438 g/mol. The molecule has 0 fully saturated rings. The summed E-state index contributed by atoms with van der Waals surface area (Å²) in [5.74, 6) is 0.140. The van der Waals surface area contributed by atoms with Crippen LogP contribution < -0.4 is 15.6 Å². The first-order chi connectivity index (χ1) is 14.9. The normalized spacial score (nSPS) is 11.4. The second-order valence-electron chi connectivity index (χ2n) is 6.55. The maximum absolute atomic E-state index is 12.3. The van der Waals surface area contributed by atoms with Gasteiger partial charge in [0, 0.05) is 30.1 Å². The van der Waals surface area contributed by atoms with E-state index in [0.29, 0.717) is 22.4 Å². The van der Waals surface area contributed by atoms with Crippen LogP contribution in [0.5, 0.6) is 0 Å². The first-order valence-electron chi connectivity index (χ1n) is 9.21. The predicted molar refractivity (Wildman–Crippen MR) is 119 cm³/mol. The largest absolute Gasteiger partial charge is 0.326 e. The van der Waals surface area contributed by atoms with E-state index in [-0.39, 0.29) is 34.3 Å². The molecule has 0 saturated heterocycles. The van der Waals surface area contributed by atoms with E-state index in [9.17, 15) is 18.0 Å². The second-order valence-corrected chi connectivity index (χ2v) is 9.12. The second kappa shape index (κ2) is 8.66. The monoisotopic (exact) mass is 455 g/mol. The minimum Gasteiger partial charge on any atom is -0.326 e. The number of hydrogen-bond acceptors (Lipinski definition) is 7. The fourth-order valence-electron chi connectivity index (χ4n) is 2.87. The number of carbonyl (C=O) groups excluding carboxylic acids is 1. The number of aryl methyl sites for hydroxylation is 1. The minimum absolute atomic E-state index is 0.0543. The molecule has 0 bridgehead atoms. The Labute approximate surface area is 181 Å². The van der Waals surface area contributed by atoms with E-state index in [1.165, 1.54) is 41.8 Å². The molecule has 0 unspecified atom stereocenters.